The largest absolute Gasteiger partial charge is 0.350 e. The van der Waals surface area contributed by atoms with E-state index in [1.807, 2.05) is 42.5 Å². The zero-order valence-corrected chi connectivity index (χ0v) is 16.3. The number of amides is 1. The van der Waals surface area contributed by atoms with Crippen molar-refractivity contribution < 1.29 is 13.2 Å². The number of hydrogen-bond donors (Lipinski definition) is 1. The van der Waals surface area contributed by atoms with Gasteiger partial charge in [-0.05, 0) is 40.6 Å². The maximum atomic E-state index is 12.4. The van der Waals surface area contributed by atoms with Gasteiger partial charge in [0, 0.05) is 11.6 Å². The van der Waals surface area contributed by atoms with Gasteiger partial charge in [-0.15, -0.1) is 0 Å². The van der Waals surface area contributed by atoms with Gasteiger partial charge in [-0.2, -0.15) is 0 Å². The molecule has 0 heterocycles. The van der Waals surface area contributed by atoms with Crippen molar-refractivity contribution in [3.63, 3.8) is 0 Å². The number of nitrogens with zero attached hydrogens (tertiary/aromatic N) is 1. The van der Waals surface area contributed by atoms with Crippen LogP contribution in [0, 0.1) is 0 Å². The number of fused-ring (bicyclic) bond motifs is 1. The first kappa shape index (κ1) is 19.2. The van der Waals surface area contributed by atoms with Crippen molar-refractivity contribution in [1.29, 1.82) is 0 Å². The minimum atomic E-state index is -3.61. The minimum absolute atomic E-state index is 0.300. The standard InChI is InChI=1S/C20H19ClN2O3S/c1-27(25,26)23(18-11-9-17(21)10-12-18)14-20(24)22-13-16-7-4-6-15-5-2-3-8-19(15)16/h2-12H,13-14H2,1H3,(H,22,24). The first-order valence-electron chi connectivity index (χ1n) is 8.31. The highest BCUT2D eigenvalue weighted by molar-refractivity contribution is 7.92. The third kappa shape index (κ3) is 4.78. The van der Waals surface area contributed by atoms with Gasteiger partial charge in [0.05, 0.1) is 11.9 Å². The van der Waals surface area contributed by atoms with Crippen molar-refractivity contribution in [2.75, 3.05) is 17.1 Å². The molecule has 0 aromatic heterocycles. The molecule has 3 rings (SSSR count). The van der Waals surface area contributed by atoms with E-state index < -0.39 is 10.0 Å². The molecule has 0 unspecified atom stereocenters. The molecule has 27 heavy (non-hydrogen) atoms. The fourth-order valence-corrected chi connectivity index (χ4v) is 3.82. The van der Waals surface area contributed by atoms with Gasteiger partial charge in [-0.25, -0.2) is 8.42 Å². The number of sulfonamides is 1. The predicted molar refractivity (Wildman–Crippen MR) is 109 cm³/mol. The van der Waals surface area contributed by atoms with Crippen molar-refractivity contribution >= 4 is 44.0 Å². The van der Waals surface area contributed by atoms with Gasteiger partial charge in [-0.1, -0.05) is 54.1 Å². The smallest absolute Gasteiger partial charge is 0.241 e. The second-order valence-electron chi connectivity index (χ2n) is 6.16. The van der Waals surface area contributed by atoms with E-state index >= 15 is 0 Å². The summed E-state index contributed by atoms with van der Waals surface area (Å²) in [5.41, 5.74) is 1.36. The first-order chi connectivity index (χ1) is 12.8. The Hall–Kier alpha value is -2.57. The molecular weight excluding hydrogens is 384 g/mol. The van der Waals surface area contributed by atoms with Crippen LogP contribution in [0.4, 0.5) is 5.69 Å². The zero-order chi connectivity index (χ0) is 19.4. The number of carbonyl (C=O) groups is 1. The molecule has 1 N–H and O–H groups in total. The van der Waals surface area contributed by atoms with E-state index in [9.17, 15) is 13.2 Å². The fraction of sp³-hybridized carbons (Fsp3) is 0.150. The fourth-order valence-electron chi connectivity index (χ4n) is 2.83. The molecule has 3 aromatic carbocycles. The quantitative estimate of drug-likeness (QED) is 0.685. The molecule has 0 aliphatic carbocycles. The van der Waals surface area contributed by atoms with Crippen LogP contribution < -0.4 is 9.62 Å². The Morgan fingerprint density at radius 1 is 1.00 bits per heavy atom. The van der Waals surface area contributed by atoms with E-state index in [4.69, 9.17) is 11.6 Å². The third-order valence-electron chi connectivity index (χ3n) is 4.16. The van der Waals surface area contributed by atoms with Crippen LogP contribution in [0.5, 0.6) is 0 Å². The molecule has 140 valence electrons. The monoisotopic (exact) mass is 402 g/mol. The molecule has 5 nitrogen and oxygen atoms in total. The summed E-state index contributed by atoms with van der Waals surface area (Å²) >= 11 is 5.85. The lowest BCUT2D eigenvalue weighted by atomic mass is 10.0. The maximum absolute atomic E-state index is 12.4. The second kappa shape index (κ2) is 7.98. The summed E-state index contributed by atoms with van der Waals surface area (Å²) in [5, 5.41) is 5.44. The molecule has 0 spiro atoms. The Balaban J connectivity index is 1.74. The van der Waals surface area contributed by atoms with Crippen LogP contribution in [0.2, 0.25) is 5.02 Å². The van der Waals surface area contributed by atoms with Gasteiger partial charge < -0.3 is 5.32 Å². The molecule has 0 aliphatic heterocycles. The van der Waals surface area contributed by atoms with Crippen LogP contribution in [0.15, 0.2) is 66.7 Å². The number of hydrogen-bond acceptors (Lipinski definition) is 3. The highest BCUT2D eigenvalue weighted by atomic mass is 35.5. The molecule has 1 amide bonds. The van der Waals surface area contributed by atoms with Crippen LogP contribution in [0.1, 0.15) is 5.56 Å². The van der Waals surface area contributed by atoms with Gasteiger partial charge >= 0.3 is 0 Å². The Kier molecular flexibility index (Phi) is 5.68. The summed E-state index contributed by atoms with van der Waals surface area (Å²) in [4.78, 5) is 12.4. The minimum Gasteiger partial charge on any atom is -0.350 e. The lowest BCUT2D eigenvalue weighted by molar-refractivity contribution is -0.119. The van der Waals surface area contributed by atoms with Crippen molar-refractivity contribution in [3.05, 3.63) is 77.3 Å². The van der Waals surface area contributed by atoms with Crippen molar-refractivity contribution in [2.45, 2.75) is 6.54 Å². The van der Waals surface area contributed by atoms with Crippen LogP contribution in [-0.4, -0.2) is 27.1 Å². The summed E-state index contributed by atoms with van der Waals surface area (Å²) in [6.45, 7) is 0.0175. The third-order valence-corrected chi connectivity index (χ3v) is 5.55. The second-order valence-corrected chi connectivity index (χ2v) is 8.50. The van der Waals surface area contributed by atoms with Crippen LogP contribution in [0.25, 0.3) is 10.8 Å². The highest BCUT2D eigenvalue weighted by Gasteiger charge is 2.20. The molecule has 0 radical (unpaired) electrons. The molecule has 0 fully saturated rings. The Bertz CT molecular complexity index is 1060. The lowest BCUT2D eigenvalue weighted by Gasteiger charge is -2.22. The summed E-state index contributed by atoms with van der Waals surface area (Å²) < 4.78 is 25.3. The van der Waals surface area contributed by atoms with E-state index in [1.165, 1.54) is 0 Å². The van der Waals surface area contributed by atoms with E-state index in [0.29, 0.717) is 17.3 Å². The van der Waals surface area contributed by atoms with Crippen molar-refractivity contribution in [1.82, 2.24) is 5.32 Å². The molecule has 0 saturated carbocycles. The van der Waals surface area contributed by atoms with Crippen molar-refractivity contribution in [2.24, 2.45) is 0 Å². The molecular formula is C20H19ClN2O3S. The van der Waals surface area contributed by atoms with Crippen LogP contribution in [-0.2, 0) is 21.4 Å². The number of halogens is 1. The molecule has 0 saturated heterocycles. The summed E-state index contributed by atoms with van der Waals surface area (Å²) in [6, 6.07) is 20.1. The molecule has 7 heteroatoms. The SMILES string of the molecule is CS(=O)(=O)N(CC(=O)NCc1cccc2ccccc12)c1ccc(Cl)cc1. The Morgan fingerprint density at radius 3 is 2.37 bits per heavy atom. The lowest BCUT2D eigenvalue weighted by Crippen LogP contribution is -2.40. The Morgan fingerprint density at radius 2 is 1.67 bits per heavy atom. The van der Waals surface area contributed by atoms with E-state index in [1.54, 1.807) is 24.3 Å². The normalized spacial score (nSPS) is 11.3. The zero-order valence-electron chi connectivity index (χ0n) is 14.7. The predicted octanol–water partition coefficient (Wildman–Crippen LogP) is 3.58. The van der Waals surface area contributed by atoms with E-state index in [-0.39, 0.29) is 12.5 Å². The average molecular weight is 403 g/mol. The summed E-state index contributed by atoms with van der Waals surface area (Å²) in [7, 11) is -3.61. The van der Waals surface area contributed by atoms with Gasteiger partial charge in [0.15, 0.2) is 0 Å². The highest BCUT2D eigenvalue weighted by Crippen LogP contribution is 2.21. The topological polar surface area (TPSA) is 66.5 Å². The van der Waals surface area contributed by atoms with Gasteiger partial charge in [-0.3, -0.25) is 9.10 Å². The number of carbonyl (C=O) groups excluding carboxylic acids is 1. The van der Waals surface area contributed by atoms with Crippen LogP contribution in [0.3, 0.4) is 0 Å². The summed E-state index contributed by atoms with van der Waals surface area (Å²) in [6.07, 6.45) is 1.07. The maximum Gasteiger partial charge on any atom is 0.241 e. The van der Waals surface area contributed by atoms with Gasteiger partial charge in [0.2, 0.25) is 15.9 Å². The van der Waals surface area contributed by atoms with Gasteiger partial charge in [0.25, 0.3) is 0 Å². The van der Waals surface area contributed by atoms with Gasteiger partial charge in [0.1, 0.15) is 6.54 Å². The van der Waals surface area contributed by atoms with E-state index in [2.05, 4.69) is 5.32 Å². The van der Waals surface area contributed by atoms with Crippen molar-refractivity contribution in [3.8, 4) is 0 Å². The molecule has 3 aromatic rings. The number of anilines is 1. The number of nitrogens with one attached hydrogen (secondary N) is 1. The first-order valence-corrected chi connectivity index (χ1v) is 10.5. The van der Waals surface area contributed by atoms with E-state index in [0.717, 1.165) is 26.9 Å². The number of benzene rings is 3. The Labute approximate surface area is 163 Å². The average Bonchev–Trinajstić information content (AvgIpc) is 2.64. The molecule has 0 aliphatic rings. The van der Waals surface area contributed by atoms with Crippen LogP contribution >= 0.6 is 11.6 Å². The molecule has 0 bridgehead atoms. The number of rotatable bonds is 6. The summed E-state index contributed by atoms with van der Waals surface area (Å²) in [5.74, 6) is -0.386. The molecule has 0 atom stereocenters.